The van der Waals surface area contributed by atoms with Gasteiger partial charge in [0.25, 0.3) is 0 Å². The van der Waals surface area contributed by atoms with Crippen LogP contribution in [0, 0.1) is 0 Å². The first-order valence-electron chi connectivity index (χ1n) is 6.08. The van der Waals surface area contributed by atoms with Gasteiger partial charge in [-0.25, -0.2) is 0 Å². The number of piperazine rings is 1. The molecule has 19 heavy (non-hydrogen) atoms. The Morgan fingerprint density at radius 3 is 2.58 bits per heavy atom. The Kier molecular flexibility index (Phi) is 4.81. The maximum Gasteiger partial charge on any atom is 0.390 e. The normalized spacial score (nSPS) is 19.4. The predicted octanol–water partition coefficient (Wildman–Crippen LogP) is 2.74. The molecule has 1 fully saturated rings. The van der Waals surface area contributed by atoms with Gasteiger partial charge < -0.3 is 5.32 Å². The van der Waals surface area contributed by atoms with E-state index in [1.54, 1.807) is 12.3 Å². The van der Waals surface area contributed by atoms with E-state index in [0.717, 1.165) is 13.1 Å². The fourth-order valence-electron chi connectivity index (χ4n) is 2.28. The van der Waals surface area contributed by atoms with Crippen LogP contribution < -0.4 is 5.32 Å². The van der Waals surface area contributed by atoms with Crippen LogP contribution in [0.5, 0.6) is 0 Å². The summed E-state index contributed by atoms with van der Waals surface area (Å²) in [5, 5.41) is 3.15. The topological polar surface area (TPSA) is 28.2 Å². The molecule has 0 spiro atoms. The lowest BCUT2D eigenvalue weighted by Gasteiger charge is -2.35. The number of aromatic nitrogens is 1. The van der Waals surface area contributed by atoms with Crippen LogP contribution in [0.15, 0.2) is 22.9 Å². The number of alkyl halides is 3. The summed E-state index contributed by atoms with van der Waals surface area (Å²) in [4.78, 5) is 5.84. The van der Waals surface area contributed by atoms with Crippen LogP contribution in [-0.2, 0) is 0 Å². The molecule has 1 saturated heterocycles. The van der Waals surface area contributed by atoms with Gasteiger partial charge >= 0.3 is 6.18 Å². The molecule has 0 saturated carbocycles. The van der Waals surface area contributed by atoms with Gasteiger partial charge in [0.2, 0.25) is 0 Å². The second-order valence-electron chi connectivity index (χ2n) is 4.56. The van der Waals surface area contributed by atoms with E-state index in [2.05, 4.69) is 26.2 Å². The molecule has 2 heterocycles. The molecular formula is C12H15BrF3N3. The molecule has 0 aromatic carbocycles. The minimum atomic E-state index is -4.18. The number of halogens is 4. The maximum absolute atomic E-state index is 12.8. The molecule has 0 radical (unpaired) electrons. The molecule has 1 aromatic heterocycles. The van der Waals surface area contributed by atoms with Crippen molar-refractivity contribution >= 4 is 15.9 Å². The van der Waals surface area contributed by atoms with Gasteiger partial charge in [-0.3, -0.25) is 9.88 Å². The van der Waals surface area contributed by atoms with Gasteiger partial charge in [0.05, 0.1) is 6.42 Å². The summed E-state index contributed by atoms with van der Waals surface area (Å²) in [6.07, 6.45) is -1.93. The van der Waals surface area contributed by atoms with Gasteiger partial charge in [0.1, 0.15) is 0 Å². The number of nitrogens with one attached hydrogen (secondary N) is 1. The highest BCUT2D eigenvalue weighted by atomic mass is 79.9. The lowest BCUT2D eigenvalue weighted by atomic mass is 10.0. The molecule has 0 aliphatic carbocycles. The second-order valence-corrected chi connectivity index (χ2v) is 5.47. The Morgan fingerprint density at radius 1 is 1.32 bits per heavy atom. The van der Waals surface area contributed by atoms with Crippen molar-refractivity contribution < 1.29 is 13.2 Å². The van der Waals surface area contributed by atoms with Crippen molar-refractivity contribution in [2.24, 2.45) is 0 Å². The Balaban J connectivity index is 2.22. The Bertz CT molecular complexity index is 419. The van der Waals surface area contributed by atoms with E-state index in [4.69, 9.17) is 0 Å². The highest BCUT2D eigenvalue weighted by Crippen LogP contribution is 2.34. The third kappa shape index (κ3) is 4.43. The molecule has 7 heteroatoms. The van der Waals surface area contributed by atoms with Crippen LogP contribution in [0.4, 0.5) is 13.2 Å². The lowest BCUT2D eigenvalue weighted by Crippen LogP contribution is -2.46. The van der Waals surface area contributed by atoms with Crippen LogP contribution in [0.2, 0.25) is 0 Å². The van der Waals surface area contributed by atoms with Crippen LogP contribution in [0.3, 0.4) is 0 Å². The van der Waals surface area contributed by atoms with E-state index in [1.165, 1.54) is 6.20 Å². The zero-order valence-corrected chi connectivity index (χ0v) is 11.8. The third-order valence-corrected chi connectivity index (χ3v) is 3.56. The van der Waals surface area contributed by atoms with Crippen molar-refractivity contribution in [3.05, 3.63) is 28.5 Å². The average molecular weight is 338 g/mol. The Hall–Kier alpha value is -0.660. The summed E-state index contributed by atoms with van der Waals surface area (Å²) < 4.78 is 39.0. The van der Waals surface area contributed by atoms with Gasteiger partial charge in [0.15, 0.2) is 0 Å². The highest BCUT2D eigenvalue weighted by Gasteiger charge is 2.36. The van der Waals surface area contributed by atoms with Gasteiger partial charge in [0, 0.05) is 49.1 Å². The first kappa shape index (κ1) is 14.7. The zero-order chi connectivity index (χ0) is 13.9. The Labute approximate surface area is 118 Å². The van der Waals surface area contributed by atoms with Crippen LogP contribution in [0.1, 0.15) is 18.0 Å². The molecule has 0 amide bonds. The van der Waals surface area contributed by atoms with E-state index >= 15 is 0 Å². The number of rotatable bonds is 3. The van der Waals surface area contributed by atoms with Crippen molar-refractivity contribution in [1.29, 1.82) is 0 Å². The third-order valence-electron chi connectivity index (χ3n) is 3.13. The van der Waals surface area contributed by atoms with Gasteiger partial charge in [-0.2, -0.15) is 13.2 Å². The minimum Gasteiger partial charge on any atom is -0.314 e. The molecule has 3 nitrogen and oxygen atoms in total. The molecule has 1 aliphatic rings. The number of hydrogen-bond donors (Lipinski definition) is 1. The van der Waals surface area contributed by atoms with Gasteiger partial charge in [-0.05, 0) is 27.6 Å². The molecule has 1 aromatic rings. The smallest absolute Gasteiger partial charge is 0.314 e. The van der Waals surface area contributed by atoms with E-state index in [-0.39, 0.29) is 0 Å². The second kappa shape index (κ2) is 6.19. The van der Waals surface area contributed by atoms with E-state index < -0.39 is 18.6 Å². The van der Waals surface area contributed by atoms with Crippen molar-refractivity contribution in [3.8, 4) is 0 Å². The summed E-state index contributed by atoms with van der Waals surface area (Å²) in [6.45, 7) is 2.67. The van der Waals surface area contributed by atoms with Crippen molar-refractivity contribution in [2.75, 3.05) is 26.2 Å². The first-order valence-corrected chi connectivity index (χ1v) is 6.87. The monoisotopic (exact) mass is 337 g/mol. The van der Waals surface area contributed by atoms with Gasteiger partial charge in [-0.15, -0.1) is 0 Å². The van der Waals surface area contributed by atoms with Gasteiger partial charge in [-0.1, -0.05) is 0 Å². The standard InChI is InChI=1S/C12H15BrF3N3/c13-10-5-9(7-18-8-10)11(6-12(14,15)16)19-3-1-17-2-4-19/h5,7-8,11,17H,1-4,6H2/t11-/m1/s1. The fourth-order valence-corrected chi connectivity index (χ4v) is 2.66. The van der Waals surface area contributed by atoms with Crippen molar-refractivity contribution in [3.63, 3.8) is 0 Å². The zero-order valence-electron chi connectivity index (χ0n) is 10.3. The minimum absolute atomic E-state index is 0.605. The summed E-state index contributed by atoms with van der Waals surface area (Å²) >= 11 is 3.26. The number of hydrogen-bond acceptors (Lipinski definition) is 3. The molecule has 2 rings (SSSR count). The highest BCUT2D eigenvalue weighted by molar-refractivity contribution is 9.10. The van der Waals surface area contributed by atoms with Crippen LogP contribution in [0.25, 0.3) is 0 Å². The molecule has 1 N–H and O–H groups in total. The van der Waals surface area contributed by atoms with Crippen molar-refractivity contribution in [1.82, 2.24) is 15.2 Å². The van der Waals surface area contributed by atoms with Crippen molar-refractivity contribution in [2.45, 2.75) is 18.6 Å². The molecule has 0 unspecified atom stereocenters. The average Bonchev–Trinajstić information content (AvgIpc) is 2.36. The molecule has 106 valence electrons. The Morgan fingerprint density at radius 2 is 2.00 bits per heavy atom. The lowest BCUT2D eigenvalue weighted by molar-refractivity contribution is -0.148. The summed E-state index contributed by atoms with van der Waals surface area (Å²) in [7, 11) is 0. The largest absolute Gasteiger partial charge is 0.390 e. The van der Waals surface area contributed by atoms with Crippen LogP contribution >= 0.6 is 15.9 Å². The number of nitrogens with zero attached hydrogens (tertiary/aromatic N) is 2. The SMILES string of the molecule is FC(F)(F)C[C@H](c1cncc(Br)c1)N1CCNCC1. The van der Waals surface area contributed by atoms with E-state index in [9.17, 15) is 13.2 Å². The molecule has 0 bridgehead atoms. The molecule has 1 atom stereocenters. The number of pyridine rings is 1. The predicted molar refractivity (Wildman–Crippen MR) is 69.8 cm³/mol. The van der Waals surface area contributed by atoms with E-state index in [0.29, 0.717) is 23.1 Å². The summed E-state index contributed by atoms with van der Waals surface area (Å²) in [5.74, 6) is 0. The quantitative estimate of drug-likeness (QED) is 0.919. The molecule has 1 aliphatic heterocycles. The van der Waals surface area contributed by atoms with E-state index in [1.807, 2.05) is 4.90 Å². The first-order chi connectivity index (χ1) is 8.96. The van der Waals surface area contributed by atoms with Crippen LogP contribution in [-0.4, -0.2) is 42.2 Å². The maximum atomic E-state index is 12.8. The fraction of sp³-hybridized carbons (Fsp3) is 0.583. The summed E-state index contributed by atoms with van der Waals surface area (Å²) in [6, 6.07) is 1.05. The molecular weight excluding hydrogens is 323 g/mol. The summed E-state index contributed by atoms with van der Waals surface area (Å²) in [5.41, 5.74) is 0.605.